The monoisotopic (exact) mass is 306 g/mol. The first-order chi connectivity index (χ1) is 10.5. The molecule has 0 spiro atoms. The Morgan fingerprint density at radius 1 is 1.05 bits per heavy atom. The number of methoxy groups -OCH3 is 1. The van der Waals surface area contributed by atoms with Crippen molar-refractivity contribution < 1.29 is 23.8 Å². The zero-order valence-electron chi connectivity index (χ0n) is 13.3. The molecule has 0 saturated carbocycles. The summed E-state index contributed by atoms with van der Waals surface area (Å²) in [4.78, 5) is 23.2. The fourth-order valence-corrected chi connectivity index (χ4v) is 1.63. The molecule has 0 aliphatic carbocycles. The van der Waals surface area contributed by atoms with Crippen LogP contribution < -0.4 is 9.47 Å². The summed E-state index contributed by atoms with van der Waals surface area (Å²) >= 11 is 0. The SMILES string of the molecule is COc1ccccc1OC(=O)CCCC(=O)OCC=C(C)C. The Kier molecular flexibility index (Phi) is 7.75. The van der Waals surface area contributed by atoms with Crippen molar-refractivity contribution >= 4 is 11.9 Å². The van der Waals surface area contributed by atoms with E-state index in [4.69, 9.17) is 14.2 Å². The van der Waals surface area contributed by atoms with Crippen LogP contribution in [-0.2, 0) is 14.3 Å². The van der Waals surface area contributed by atoms with Crippen molar-refractivity contribution in [2.45, 2.75) is 33.1 Å². The van der Waals surface area contributed by atoms with Crippen LogP contribution in [0.15, 0.2) is 35.9 Å². The average molecular weight is 306 g/mol. The summed E-state index contributed by atoms with van der Waals surface area (Å²) in [5.74, 6) is 0.155. The number of ether oxygens (including phenoxy) is 3. The number of allylic oxidation sites excluding steroid dienone is 1. The Morgan fingerprint density at radius 2 is 1.68 bits per heavy atom. The second-order valence-corrected chi connectivity index (χ2v) is 4.94. The Labute approximate surface area is 130 Å². The molecule has 0 amide bonds. The van der Waals surface area contributed by atoms with Crippen LogP contribution in [0.5, 0.6) is 11.5 Å². The number of hydrogen-bond donors (Lipinski definition) is 0. The summed E-state index contributed by atoms with van der Waals surface area (Å²) in [5, 5.41) is 0. The zero-order chi connectivity index (χ0) is 16.4. The first kappa shape index (κ1) is 17.8. The second kappa shape index (κ2) is 9.60. The van der Waals surface area contributed by atoms with E-state index in [9.17, 15) is 9.59 Å². The molecule has 0 bridgehead atoms. The maximum Gasteiger partial charge on any atom is 0.311 e. The molecule has 1 rings (SSSR count). The van der Waals surface area contributed by atoms with Crippen LogP contribution in [0, 0.1) is 0 Å². The molecule has 1 aromatic rings. The molecule has 0 unspecified atom stereocenters. The van der Waals surface area contributed by atoms with E-state index in [1.165, 1.54) is 7.11 Å². The van der Waals surface area contributed by atoms with Crippen molar-refractivity contribution in [2.75, 3.05) is 13.7 Å². The molecule has 0 aromatic heterocycles. The van der Waals surface area contributed by atoms with Gasteiger partial charge in [0.25, 0.3) is 0 Å². The first-order valence-electron chi connectivity index (χ1n) is 7.15. The highest BCUT2D eigenvalue weighted by molar-refractivity contribution is 5.74. The van der Waals surface area contributed by atoms with E-state index in [2.05, 4.69) is 0 Å². The van der Waals surface area contributed by atoms with E-state index in [0.29, 0.717) is 17.9 Å². The third kappa shape index (κ3) is 6.92. The quantitative estimate of drug-likeness (QED) is 0.419. The molecular formula is C17H22O5. The predicted molar refractivity (Wildman–Crippen MR) is 82.9 cm³/mol. The lowest BCUT2D eigenvalue weighted by Crippen LogP contribution is -2.10. The number of rotatable bonds is 8. The van der Waals surface area contributed by atoms with Gasteiger partial charge in [0.2, 0.25) is 0 Å². The third-order valence-corrected chi connectivity index (χ3v) is 2.79. The number of benzene rings is 1. The van der Waals surface area contributed by atoms with Crippen molar-refractivity contribution in [3.05, 3.63) is 35.9 Å². The van der Waals surface area contributed by atoms with Crippen LogP contribution in [0.25, 0.3) is 0 Å². The number of carbonyl (C=O) groups is 2. The number of para-hydroxylation sites is 2. The number of esters is 2. The molecule has 5 heteroatoms. The van der Waals surface area contributed by atoms with Gasteiger partial charge in [-0.3, -0.25) is 9.59 Å². The smallest absolute Gasteiger partial charge is 0.311 e. The minimum Gasteiger partial charge on any atom is -0.493 e. The van der Waals surface area contributed by atoms with E-state index in [1.807, 2.05) is 19.9 Å². The fourth-order valence-electron chi connectivity index (χ4n) is 1.63. The first-order valence-corrected chi connectivity index (χ1v) is 7.15. The summed E-state index contributed by atoms with van der Waals surface area (Å²) in [5.41, 5.74) is 1.09. The van der Waals surface area contributed by atoms with Gasteiger partial charge in [-0.15, -0.1) is 0 Å². The molecule has 0 aliphatic heterocycles. The Morgan fingerprint density at radius 3 is 2.32 bits per heavy atom. The standard InChI is InChI=1S/C17H22O5/c1-13(2)11-12-21-16(18)9-6-10-17(19)22-15-8-5-4-7-14(15)20-3/h4-5,7-8,11H,6,9-10,12H2,1-3H3. The molecule has 1 aromatic carbocycles. The highest BCUT2D eigenvalue weighted by Crippen LogP contribution is 2.26. The molecule has 0 radical (unpaired) electrons. The van der Waals surface area contributed by atoms with Crippen LogP contribution in [0.2, 0.25) is 0 Å². The molecule has 120 valence electrons. The minimum atomic E-state index is -0.401. The van der Waals surface area contributed by atoms with Crippen molar-refractivity contribution in [1.29, 1.82) is 0 Å². The summed E-state index contributed by atoms with van der Waals surface area (Å²) in [6, 6.07) is 6.91. The largest absolute Gasteiger partial charge is 0.493 e. The van der Waals surface area contributed by atoms with Gasteiger partial charge in [-0.2, -0.15) is 0 Å². The molecule has 0 fully saturated rings. The van der Waals surface area contributed by atoms with Gasteiger partial charge in [-0.05, 0) is 38.5 Å². The Balaban J connectivity index is 2.29. The number of carbonyl (C=O) groups excluding carboxylic acids is 2. The highest BCUT2D eigenvalue weighted by atomic mass is 16.6. The maximum atomic E-state index is 11.7. The van der Waals surface area contributed by atoms with Crippen molar-refractivity contribution in [2.24, 2.45) is 0 Å². The summed E-state index contributed by atoms with van der Waals surface area (Å²) in [6.07, 6.45) is 2.56. The van der Waals surface area contributed by atoms with Gasteiger partial charge in [-0.1, -0.05) is 17.7 Å². The lowest BCUT2D eigenvalue weighted by molar-refractivity contribution is -0.142. The lowest BCUT2D eigenvalue weighted by atomic mass is 10.2. The molecule has 0 atom stereocenters. The van der Waals surface area contributed by atoms with Gasteiger partial charge >= 0.3 is 11.9 Å². The summed E-state index contributed by atoms with van der Waals surface area (Å²) in [7, 11) is 1.51. The lowest BCUT2D eigenvalue weighted by Gasteiger charge is -2.08. The van der Waals surface area contributed by atoms with Crippen LogP contribution in [0.3, 0.4) is 0 Å². The summed E-state index contributed by atoms with van der Waals surface area (Å²) in [6.45, 7) is 4.14. The van der Waals surface area contributed by atoms with Crippen LogP contribution in [-0.4, -0.2) is 25.7 Å². The molecule has 0 saturated heterocycles. The molecular weight excluding hydrogens is 284 g/mol. The molecule has 0 N–H and O–H groups in total. The normalized spacial score (nSPS) is 9.77. The fraction of sp³-hybridized carbons (Fsp3) is 0.412. The Bertz CT molecular complexity index is 530. The molecule has 22 heavy (non-hydrogen) atoms. The molecule has 0 heterocycles. The van der Waals surface area contributed by atoms with Gasteiger partial charge in [0.15, 0.2) is 11.5 Å². The summed E-state index contributed by atoms with van der Waals surface area (Å²) < 4.78 is 15.3. The Hall–Kier alpha value is -2.30. The molecule has 0 aliphatic rings. The van der Waals surface area contributed by atoms with Crippen molar-refractivity contribution in [3.8, 4) is 11.5 Å². The van der Waals surface area contributed by atoms with Gasteiger partial charge in [0.1, 0.15) is 6.61 Å². The molecule has 5 nitrogen and oxygen atoms in total. The third-order valence-electron chi connectivity index (χ3n) is 2.79. The maximum absolute atomic E-state index is 11.7. The highest BCUT2D eigenvalue weighted by Gasteiger charge is 2.10. The second-order valence-electron chi connectivity index (χ2n) is 4.94. The zero-order valence-corrected chi connectivity index (χ0v) is 13.3. The van der Waals surface area contributed by atoms with Crippen LogP contribution >= 0.6 is 0 Å². The average Bonchev–Trinajstić information content (AvgIpc) is 2.47. The van der Waals surface area contributed by atoms with Gasteiger partial charge < -0.3 is 14.2 Å². The van der Waals surface area contributed by atoms with Gasteiger partial charge in [0, 0.05) is 12.8 Å². The van der Waals surface area contributed by atoms with Crippen LogP contribution in [0.1, 0.15) is 33.1 Å². The predicted octanol–water partition coefficient (Wildman–Crippen LogP) is 3.28. The van der Waals surface area contributed by atoms with Crippen LogP contribution in [0.4, 0.5) is 0 Å². The van der Waals surface area contributed by atoms with Gasteiger partial charge in [0.05, 0.1) is 7.11 Å². The van der Waals surface area contributed by atoms with Gasteiger partial charge in [-0.25, -0.2) is 0 Å². The van der Waals surface area contributed by atoms with E-state index < -0.39 is 5.97 Å². The minimum absolute atomic E-state index is 0.149. The van der Waals surface area contributed by atoms with Crippen molar-refractivity contribution in [1.82, 2.24) is 0 Å². The van der Waals surface area contributed by atoms with E-state index in [0.717, 1.165) is 5.57 Å². The van der Waals surface area contributed by atoms with Crippen molar-refractivity contribution in [3.63, 3.8) is 0 Å². The van der Waals surface area contributed by atoms with E-state index in [1.54, 1.807) is 24.3 Å². The van der Waals surface area contributed by atoms with E-state index >= 15 is 0 Å². The van der Waals surface area contributed by atoms with E-state index in [-0.39, 0.29) is 25.4 Å². The number of hydrogen-bond acceptors (Lipinski definition) is 5. The topological polar surface area (TPSA) is 61.8 Å².